The van der Waals surface area contributed by atoms with E-state index in [0.717, 1.165) is 17.0 Å². The Kier molecular flexibility index (Phi) is 10.5. The molecular formula is C30H32ClF4N3O4S. The summed E-state index contributed by atoms with van der Waals surface area (Å²) in [6, 6.07) is 13.5. The zero-order chi connectivity index (χ0) is 32.2. The van der Waals surface area contributed by atoms with Crippen molar-refractivity contribution < 1.29 is 35.6 Å². The maximum atomic E-state index is 14.0. The van der Waals surface area contributed by atoms with Crippen LogP contribution in [0.1, 0.15) is 45.2 Å². The van der Waals surface area contributed by atoms with Gasteiger partial charge in [-0.25, -0.2) is 12.8 Å². The lowest BCUT2D eigenvalue weighted by Gasteiger charge is -2.35. The molecule has 0 aliphatic heterocycles. The van der Waals surface area contributed by atoms with Crippen molar-refractivity contribution in [2.45, 2.75) is 63.3 Å². The Balaban J connectivity index is 2.14. The summed E-state index contributed by atoms with van der Waals surface area (Å²) in [7, 11) is -4.59. The van der Waals surface area contributed by atoms with Crippen molar-refractivity contribution in [1.29, 1.82) is 0 Å². The number of amides is 2. The van der Waals surface area contributed by atoms with Gasteiger partial charge in [-0.05, 0) is 75.2 Å². The van der Waals surface area contributed by atoms with Gasteiger partial charge < -0.3 is 10.2 Å². The number of rotatable bonds is 10. The number of carbonyl (C=O) groups excluding carboxylic acids is 2. The number of alkyl halides is 3. The third kappa shape index (κ3) is 8.70. The van der Waals surface area contributed by atoms with Gasteiger partial charge in [-0.1, -0.05) is 48.9 Å². The Labute approximate surface area is 253 Å². The average Bonchev–Trinajstić information content (AvgIpc) is 2.91. The number of carbonyl (C=O) groups is 2. The summed E-state index contributed by atoms with van der Waals surface area (Å²) in [4.78, 5) is 28.2. The molecule has 232 valence electrons. The van der Waals surface area contributed by atoms with Crippen molar-refractivity contribution >= 4 is 39.1 Å². The van der Waals surface area contributed by atoms with E-state index in [-0.39, 0.29) is 17.9 Å². The summed E-state index contributed by atoms with van der Waals surface area (Å²) in [6.45, 7) is 5.74. The van der Waals surface area contributed by atoms with Crippen LogP contribution in [-0.2, 0) is 32.3 Å². The van der Waals surface area contributed by atoms with Crippen LogP contribution in [0.25, 0.3) is 0 Å². The van der Waals surface area contributed by atoms with E-state index in [9.17, 15) is 35.6 Å². The molecule has 13 heteroatoms. The minimum Gasteiger partial charge on any atom is -0.350 e. The molecule has 0 spiro atoms. The van der Waals surface area contributed by atoms with Gasteiger partial charge in [-0.2, -0.15) is 13.2 Å². The third-order valence-electron chi connectivity index (χ3n) is 6.30. The van der Waals surface area contributed by atoms with Crippen molar-refractivity contribution in [1.82, 2.24) is 10.2 Å². The highest BCUT2D eigenvalue weighted by molar-refractivity contribution is 7.92. The van der Waals surface area contributed by atoms with Crippen LogP contribution < -0.4 is 9.62 Å². The molecule has 1 atom stereocenters. The molecule has 1 unspecified atom stereocenters. The van der Waals surface area contributed by atoms with E-state index in [4.69, 9.17) is 11.6 Å². The van der Waals surface area contributed by atoms with E-state index < -0.39 is 68.2 Å². The molecular weight excluding hydrogens is 610 g/mol. The van der Waals surface area contributed by atoms with Gasteiger partial charge in [0.25, 0.3) is 10.0 Å². The highest BCUT2D eigenvalue weighted by Gasteiger charge is 2.37. The fourth-order valence-electron chi connectivity index (χ4n) is 4.29. The zero-order valence-electron chi connectivity index (χ0n) is 24.0. The highest BCUT2D eigenvalue weighted by atomic mass is 35.5. The summed E-state index contributed by atoms with van der Waals surface area (Å²) < 4.78 is 83.0. The number of sulfonamides is 1. The van der Waals surface area contributed by atoms with Crippen LogP contribution in [0.2, 0.25) is 5.02 Å². The predicted molar refractivity (Wildman–Crippen MR) is 156 cm³/mol. The second-order valence-electron chi connectivity index (χ2n) is 10.8. The van der Waals surface area contributed by atoms with E-state index in [1.165, 1.54) is 48.5 Å². The first-order valence-electron chi connectivity index (χ1n) is 13.2. The molecule has 0 aliphatic carbocycles. The monoisotopic (exact) mass is 641 g/mol. The SMILES string of the molecule is CCC(C(=O)NC(C)(C)C)N(Cc1ccc(F)cc1)C(=O)CN(c1ccc(Cl)c(C(F)(F)F)c1)S(=O)(=O)c1ccccc1. The zero-order valence-corrected chi connectivity index (χ0v) is 25.5. The Bertz CT molecular complexity index is 1540. The molecule has 7 nitrogen and oxygen atoms in total. The lowest BCUT2D eigenvalue weighted by molar-refractivity contribution is -0.141. The largest absolute Gasteiger partial charge is 0.417 e. The minimum absolute atomic E-state index is 0.124. The van der Waals surface area contributed by atoms with Crippen LogP contribution in [0.4, 0.5) is 23.2 Å². The highest BCUT2D eigenvalue weighted by Crippen LogP contribution is 2.38. The van der Waals surface area contributed by atoms with Crippen LogP contribution in [-0.4, -0.2) is 43.3 Å². The first-order valence-corrected chi connectivity index (χ1v) is 15.1. The molecule has 0 aliphatic rings. The average molecular weight is 642 g/mol. The molecule has 1 N–H and O–H groups in total. The number of hydrogen-bond donors (Lipinski definition) is 1. The molecule has 0 aromatic heterocycles. The number of anilines is 1. The summed E-state index contributed by atoms with van der Waals surface area (Å²) >= 11 is 5.79. The number of nitrogens with one attached hydrogen (secondary N) is 1. The van der Waals surface area contributed by atoms with E-state index in [0.29, 0.717) is 15.9 Å². The fourth-order valence-corrected chi connectivity index (χ4v) is 5.94. The molecule has 0 saturated carbocycles. The smallest absolute Gasteiger partial charge is 0.350 e. The summed E-state index contributed by atoms with van der Waals surface area (Å²) in [5.41, 5.74) is -1.97. The van der Waals surface area contributed by atoms with Gasteiger partial charge in [0, 0.05) is 12.1 Å². The van der Waals surface area contributed by atoms with E-state index in [2.05, 4.69) is 5.32 Å². The van der Waals surface area contributed by atoms with E-state index >= 15 is 0 Å². The quantitative estimate of drug-likeness (QED) is 0.259. The standard InChI is InChI=1S/C30H32ClF4N3O4S/c1-5-26(28(40)36-29(2,3)4)37(18-20-11-13-21(32)14-12-20)27(39)19-38(43(41,42)23-9-7-6-8-10-23)22-15-16-25(31)24(17-22)30(33,34)35/h6-17,26H,5,18-19H2,1-4H3,(H,36,40). The van der Waals surface area contributed by atoms with Crippen molar-refractivity contribution in [2.75, 3.05) is 10.8 Å². The number of benzene rings is 3. The van der Waals surface area contributed by atoms with Gasteiger partial charge in [0.2, 0.25) is 11.8 Å². The van der Waals surface area contributed by atoms with Gasteiger partial charge in [0.05, 0.1) is 21.2 Å². The van der Waals surface area contributed by atoms with Crippen LogP contribution in [0.5, 0.6) is 0 Å². The number of nitrogens with zero attached hydrogens (tertiary/aromatic N) is 2. The normalized spacial score (nSPS) is 12.9. The molecule has 3 aromatic rings. The molecule has 43 heavy (non-hydrogen) atoms. The minimum atomic E-state index is -4.91. The second-order valence-corrected chi connectivity index (χ2v) is 13.1. The van der Waals surface area contributed by atoms with Gasteiger partial charge in [-0.15, -0.1) is 0 Å². The lowest BCUT2D eigenvalue weighted by atomic mass is 10.1. The summed E-state index contributed by atoms with van der Waals surface area (Å²) in [5, 5.41) is 2.16. The van der Waals surface area contributed by atoms with Crippen molar-refractivity contribution in [3.05, 3.63) is 94.8 Å². The van der Waals surface area contributed by atoms with Crippen LogP contribution >= 0.6 is 11.6 Å². The Morgan fingerprint density at radius 3 is 2.09 bits per heavy atom. The Hall–Kier alpha value is -3.64. The van der Waals surface area contributed by atoms with E-state index in [1.54, 1.807) is 33.8 Å². The first kappa shape index (κ1) is 33.9. The van der Waals surface area contributed by atoms with Gasteiger partial charge in [-0.3, -0.25) is 13.9 Å². The van der Waals surface area contributed by atoms with Crippen molar-refractivity contribution in [3.63, 3.8) is 0 Å². The predicted octanol–water partition coefficient (Wildman–Crippen LogP) is 6.42. The van der Waals surface area contributed by atoms with Crippen LogP contribution in [0.15, 0.2) is 77.7 Å². The van der Waals surface area contributed by atoms with Crippen LogP contribution in [0, 0.1) is 5.82 Å². The topological polar surface area (TPSA) is 86.8 Å². The van der Waals surface area contributed by atoms with Gasteiger partial charge in [0.15, 0.2) is 0 Å². The molecule has 2 amide bonds. The third-order valence-corrected chi connectivity index (χ3v) is 8.42. The Morgan fingerprint density at radius 2 is 1.56 bits per heavy atom. The van der Waals surface area contributed by atoms with Crippen molar-refractivity contribution in [2.24, 2.45) is 0 Å². The second kappa shape index (κ2) is 13.3. The maximum absolute atomic E-state index is 14.0. The fraction of sp³-hybridized carbons (Fsp3) is 0.333. The first-order chi connectivity index (χ1) is 19.9. The molecule has 3 rings (SSSR count). The van der Waals surface area contributed by atoms with Gasteiger partial charge in [0.1, 0.15) is 18.4 Å². The summed E-state index contributed by atoms with van der Waals surface area (Å²) in [6.07, 6.45) is -4.79. The van der Waals surface area contributed by atoms with E-state index in [1.807, 2.05) is 0 Å². The molecule has 0 saturated heterocycles. The number of hydrogen-bond acceptors (Lipinski definition) is 4. The van der Waals surface area contributed by atoms with Gasteiger partial charge >= 0.3 is 6.18 Å². The lowest BCUT2D eigenvalue weighted by Crippen LogP contribution is -2.55. The molecule has 0 radical (unpaired) electrons. The van der Waals surface area contributed by atoms with Crippen LogP contribution in [0.3, 0.4) is 0 Å². The molecule has 3 aromatic carbocycles. The number of halogens is 5. The molecule has 0 bridgehead atoms. The summed E-state index contributed by atoms with van der Waals surface area (Å²) in [5.74, 6) is -1.92. The maximum Gasteiger partial charge on any atom is 0.417 e. The van der Waals surface area contributed by atoms with Crippen molar-refractivity contribution in [3.8, 4) is 0 Å². The Morgan fingerprint density at radius 1 is 0.953 bits per heavy atom. The molecule has 0 fully saturated rings. The molecule has 0 heterocycles.